The number of pyridine rings is 1. The molecule has 0 saturated heterocycles. The molecule has 1 aliphatic heterocycles. The Hall–Kier alpha value is -2.42. The van der Waals surface area contributed by atoms with Gasteiger partial charge in [0.1, 0.15) is 0 Å². The van der Waals surface area contributed by atoms with Crippen LogP contribution in [0.15, 0.2) is 54.9 Å². The van der Waals surface area contributed by atoms with Crippen LogP contribution in [-0.2, 0) is 16.8 Å². The van der Waals surface area contributed by atoms with Crippen molar-refractivity contribution in [2.45, 2.75) is 25.8 Å². The van der Waals surface area contributed by atoms with Gasteiger partial charge >= 0.3 is 0 Å². The maximum atomic E-state index is 12.6. The van der Waals surface area contributed by atoms with Crippen molar-refractivity contribution in [3.8, 4) is 0 Å². The largest absolute Gasteiger partial charge is 0.330 e. The molecule has 0 spiro atoms. The summed E-state index contributed by atoms with van der Waals surface area (Å²) in [6.07, 6.45) is 7.86. The third kappa shape index (κ3) is 2.67. The first kappa shape index (κ1) is 14.5. The fourth-order valence-electron chi connectivity index (χ4n) is 3.11. The zero-order chi connectivity index (χ0) is 15.6. The Labute approximate surface area is 131 Å². The zero-order valence-electron chi connectivity index (χ0n) is 13.0. The van der Waals surface area contributed by atoms with Crippen LogP contribution in [0.2, 0.25) is 0 Å². The highest BCUT2D eigenvalue weighted by Gasteiger charge is 2.36. The van der Waals surface area contributed by atoms with E-state index in [0.717, 1.165) is 18.5 Å². The molecule has 3 heteroatoms. The minimum Gasteiger partial charge on any atom is -0.330 e. The van der Waals surface area contributed by atoms with Gasteiger partial charge in [-0.25, -0.2) is 0 Å². The predicted molar refractivity (Wildman–Crippen MR) is 88.2 cm³/mol. The van der Waals surface area contributed by atoms with Gasteiger partial charge in [0.25, 0.3) is 0 Å². The lowest BCUT2D eigenvalue weighted by atomic mass is 9.83. The average Bonchev–Trinajstić information content (AvgIpc) is 2.54. The summed E-state index contributed by atoms with van der Waals surface area (Å²) in [4.78, 5) is 18.6. The van der Waals surface area contributed by atoms with Crippen LogP contribution in [0.3, 0.4) is 0 Å². The highest BCUT2D eigenvalue weighted by molar-refractivity contribution is 5.92. The van der Waals surface area contributed by atoms with Gasteiger partial charge in [-0.2, -0.15) is 0 Å². The van der Waals surface area contributed by atoms with E-state index in [1.54, 1.807) is 18.5 Å². The van der Waals surface area contributed by atoms with Crippen molar-refractivity contribution in [3.63, 3.8) is 0 Å². The summed E-state index contributed by atoms with van der Waals surface area (Å²) in [5.74, 6) is 0.0448. The third-order valence-corrected chi connectivity index (χ3v) is 4.32. The molecule has 1 aromatic heterocycles. The summed E-state index contributed by atoms with van der Waals surface area (Å²) in [5, 5.41) is 0. The van der Waals surface area contributed by atoms with E-state index >= 15 is 0 Å². The minimum atomic E-state index is -0.287. The van der Waals surface area contributed by atoms with Crippen LogP contribution in [0.25, 0.3) is 6.08 Å². The van der Waals surface area contributed by atoms with Crippen molar-refractivity contribution in [2.24, 2.45) is 0 Å². The summed E-state index contributed by atoms with van der Waals surface area (Å²) in [6, 6.07) is 12.2. The van der Waals surface area contributed by atoms with Gasteiger partial charge in [-0.3, -0.25) is 9.78 Å². The Morgan fingerprint density at radius 2 is 2.05 bits per heavy atom. The Bertz CT molecular complexity index is 704. The van der Waals surface area contributed by atoms with Gasteiger partial charge in [0.15, 0.2) is 0 Å². The molecule has 2 aromatic rings. The van der Waals surface area contributed by atoms with Gasteiger partial charge in [0, 0.05) is 25.0 Å². The highest BCUT2D eigenvalue weighted by Crippen LogP contribution is 2.35. The molecule has 0 fully saturated rings. The van der Waals surface area contributed by atoms with E-state index in [9.17, 15) is 4.79 Å². The molecule has 112 valence electrons. The Balaban J connectivity index is 1.84. The van der Waals surface area contributed by atoms with Gasteiger partial charge in [0.2, 0.25) is 5.91 Å². The second-order valence-corrected chi connectivity index (χ2v) is 6.08. The van der Waals surface area contributed by atoms with Crippen molar-refractivity contribution in [2.75, 3.05) is 6.54 Å². The smallest absolute Gasteiger partial charge is 0.247 e. The molecule has 0 atom stereocenters. The summed E-state index contributed by atoms with van der Waals surface area (Å²) in [6.45, 7) is 4.97. The van der Waals surface area contributed by atoms with Crippen molar-refractivity contribution in [3.05, 3.63) is 71.6 Å². The lowest BCUT2D eigenvalue weighted by Crippen LogP contribution is -2.49. The molecule has 0 N–H and O–H groups in total. The zero-order valence-corrected chi connectivity index (χ0v) is 13.0. The van der Waals surface area contributed by atoms with Crippen LogP contribution in [0.4, 0.5) is 0 Å². The van der Waals surface area contributed by atoms with E-state index in [1.165, 1.54) is 11.1 Å². The lowest BCUT2D eigenvalue weighted by molar-refractivity contribution is -0.132. The SMILES string of the molecule is CC1(C)c2ccccc2CCN1C(=O)/C=C/c1cccnc1. The topological polar surface area (TPSA) is 33.2 Å². The normalized spacial score (nSPS) is 16.5. The number of benzene rings is 1. The number of hydrogen-bond donors (Lipinski definition) is 0. The second kappa shape index (κ2) is 5.76. The van der Waals surface area contributed by atoms with E-state index in [2.05, 4.69) is 37.0 Å². The highest BCUT2D eigenvalue weighted by atomic mass is 16.2. The molecule has 1 aliphatic rings. The van der Waals surface area contributed by atoms with Crippen LogP contribution in [0.5, 0.6) is 0 Å². The van der Waals surface area contributed by atoms with Crippen molar-refractivity contribution >= 4 is 12.0 Å². The summed E-state index contributed by atoms with van der Waals surface area (Å²) >= 11 is 0. The van der Waals surface area contributed by atoms with E-state index in [0.29, 0.717) is 0 Å². The van der Waals surface area contributed by atoms with Crippen molar-refractivity contribution in [1.29, 1.82) is 0 Å². The number of hydrogen-bond acceptors (Lipinski definition) is 2. The fraction of sp³-hybridized carbons (Fsp3) is 0.263. The molecule has 0 aliphatic carbocycles. The first-order valence-corrected chi connectivity index (χ1v) is 7.57. The minimum absolute atomic E-state index is 0.0448. The number of fused-ring (bicyclic) bond motifs is 1. The number of aromatic nitrogens is 1. The van der Waals surface area contributed by atoms with Gasteiger partial charge in [-0.15, -0.1) is 0 Å². The van der Waals surface area contributed by atoms with Gasteiger partial charge < -0.3 is 4.90 Å². The molecule has 0 unspecified atom stereocenters. The molecule has 0 radical (unpaired) electrons. The Morgan fingerprint density at radius 3 is 2.82 bits per heavy atom. The number of nitrogens with zero attached hydrogens (tertiary/aromatic N) is 2. The fourth-order valence-corrected chi connectivity index (χ4v) is 3.11. The lowest BCUT2D eigenvalue weighted by Gasteiger charge is -2.43. The first-order chi connectivity index (χ1) is 10.6. The molecule has 0 saturated carbocycles. The van der Waals surface area contributed by atoms with E-state index in [4.69, 9.17) is 0 Å². The molecule has 3 nitrogen and oxygen atoms in total. The first-order valence-electron chi connectivity index (χ1n) is 7.57. The molecule has 1 amide bonds. The molecular weight excluding hydrogens is 272 g/mol. The molecule has 2 heterocycles. The van der Waals surface area contributed by atoms with E-state index in [1.807, 2.05) is 29.2 Å². The number of carbonyl (C=O) groups is 1. The maximum Gasteiger partial charge on any atom is 0.247 e. The Morgan fingerprint density at radius 1 is 1.23 bits per heavy atom. The molecule has 3 rings (SSSR count). The van der Waals surface area contributed by atoms with E-state index in [-0.39, 0.29) is 11.4 Å². The number of amides is 1. The van der Waals surface area contributed by atoms with Crippen LogP contribution in [0, 0.1) is 0 Å². The third-order valence-electron chi connectivity index (χ3n) is 4.32. The van der Waals surface area contributed by atoms with E-state index < -0.39 is 0 Å². The van der Waals surface area contributed by atoms with Crippen LogP contribution >= 0.6 is 0 Å². The van der Waals surface area contributed by atoms with Crippen LogP contribution < -0.4 is 0 Å². The van der Waals surface area contributed by atoms with Crippen LogP contribution in [0.1, 0.15) is 30.5 Å². The molecule has 22 heavy (non-hydrogen) atoms. The average molecular weight is 292 g/mol. The summed E-state index contributed by atoms with van der Waals surface area (Å²) < 4.78 is 0. The summed E-state index contributed by atoms with van der Waals surface area (Å²) in [5.41, 5.74) is 3.23. The molecule has 0 bridgehead atoms. The van der Waals surface area contributed by atoms with Gasteiger partial charge in [-0.1, -0.05) is 30.3 Å². The molecular formula is C19H20N2O. The van der Waals surface area contributed by atoms with Gasteiger partial charge in [0.05, 0.1) is 5.54 Å². The number of rotatable bonds is 2. The monoisotopic (exact) mass is 292 g/mol. The van der Waals surface area contributed by atoms with Crippen molar-refractivity contribution in [1.82, 2.24) is 9.88 Å². The molecule has 1 aromatic carbocycles. The van der Waals surface area contributed by atoms with Crippen LogP contribution in [-0.4, -0.2) is 22.3 Å². The summed E-state index contributed by atoms with van der Waals surface area (Å²) in [7, 11) is 0. The van der Waals surface area contributed by atoms with Gasteiger partial charge in [-0.05, 0) is 49.1 Å². The predicted octanol–water partition coefficient (Wildman–Crippen LogP) is 3.41. The maximum absolute atomic E-state index is 12.6. The van der Waals surface area contributed by atoms with Crippen molar-refractivity contribution < 1.29 is 4.79 Å². The quantitative estimate of drug-likeness (QED) is 0.795. The Kier molecular flexibility index (Phi) is 3.80. The standard InChI is InChI=1S/C19H20N2O/c1-19(2)17-8-4-3-7-16(17)11-13-21(19)18(22)10-9-15-6-5-12-20-14-15/h3-10,12,14H,11,13H2,1-2H3/b10-9+. The number of carbonyl (C=O) groups excluding carboxylic acids is 1. The second-order valence-electron chi connectivity index (χ2n) is 6.08.